The van der Waals surface area contributed by atoms with Crippen LogP contribution in [0.4, 0.5) is 10.1 Å². The first-order chi connectivity index (χ1) is 13.6. The molecule has 1 unspecified atom stereocenters. The van der Waals surface area contributed by atoms with Crippen LogP contribution in [-0.4, -0.2) is 29.7 Å². The van der Waals surface area contributed by atoms with Crippen LogP contribution in [0.25, 0.3) is 11.4 Å². The van der Waals surface area contributed by atoms with E-state index in [1.807, 2.05) is 24.3 Å². The molecular formula is C21H20FN3O3. The minimum atomic E-state index is -0.508. The van der Waals surface area contributed by atoms with E-state index in [1.54, 1.807) is 6.07 Å². The molecule has 4 rings (SSSR count). The highest BCUT2D eigenvalue weighted by molar-refractivity contribution is 5.96. The number of hydrogen-bond donors (Lipinski definition) is 0. The second-order valence-corrected chi connectivity index (χ2v) is 6.73. The van der Waals surface area contributed by atoms with Crippen molar-refractivity contribution in [3.05, 3.63) is 59.7 Å². The Morgan fingerprint density at radius 2 is 2.04 bits per heavy atom. The van der Waals surface area contributed by atoms with Crippen molar-refractivity contribution in [3.8, 4) is 17.1 Å². The van der Waals surface area contributed by atoms with Gasteiger partial charge in [-0.2, -0.15) is 4.98 Å². The highest BCUT2D eigenvalue weighted by Gasteiger charge is 2.35. The van der Waals surface area contributed by atoms with Gasteiger partial charge < -0.3 is 14.2 Å². The number of aromatic nitrogens is 2. The third kappa shape index (κ3) is 3.35. The summed E-state index contributed by atoms with van der Waals surface area (Å²) in [6.45, 7) is 2.46. The first-order valence-electron chi connectivity index (χ1n) is 9.16. The van der Waals surface area contributed by atoms with Crippen molar-refractivity contribution in [2.24, 2.45) is 0 Å². The molecule has 0 N–H and O–H groups in total. The fourth-order valence-corrected chi connectivity index (χ4v) is 3.35. The van der Waals surface area contributed by atoms with Crippen LogP contribution in [0, 0.1) is 5.82 Å². The number of carbonyl (C=O) groups excluding carboxylic acids is 1. The number of aryl methyl sites for hydroxylation is 1. The number of hydrogen-bond acceptors (Lipinski definition) is 5. The summed E-state index contributed by atoms with van der Waals surface area (Å²) in [6, 6.07) is 12.5. The van der Waals surface area contributed by atoms with Gasteiger partial charge in [0.2, 0.25) is 17.6 Å². The number of rotatable bonds is 5. The molecular weight excluding hydrogens is 361 g/mol. The van der Waals surface area contributed by atoms with E-state index < -0.39 is 5.82 Å². The van der Waals surface area contributed by atoms with Gasteiger partial charge in [-0.15, -0.1) is 0 Å². The summed E-state index contributed by atoms with van der Waals surface area (Å²) in [5.74, 6) is 0.211. The van der Waals surface area contributed by atoms with Gasteiger partial charge in [-0.1, -0.05) is 36.3 Å². The Morgan fingerprint density at radius 3 is 2.71 bits per heavy atom. The van der Waals surface area contributed by atoms with E-state index in [4.69, 9.17) is 9.26 Å². The summed E-state index contributed by atoms with van der Waals surface area (Å²) in [5.41, 5.74) is 2.59. The van der Waals surface area contributed by atoms with Crippen LogP contribution in [0.15, 0.2) is 47.0 Å². The van der Waals surface area contributed by atoms with Crippen molar-refractivity contribution in [2.45, 2.75) is 25.7 Å². The number of anilines is 1. The molecule has 3 aromatic rings. The van der Waals surface area contributed by atoms with E-state index in [2.05, 4.69) is 17.1 Å². The number of benzene rings is 2. The van der Waals surface area contributed by atoms with Crippen LogP contribution in [0.5, 0.6) is 5.75 Å². The number of ether oxygens (including phenoxy) is 1. The zero-order valence-corrected chi connectivity index (χ0v) is 15.7. The van der Waals surface area contributed by atoms with Crippen molar-refractivity contribution >= 4 is 11.6 Å². The van der Waals surface area contributed by atoms with Gasteiger partial charge in [0.25, 0.3) is 0 Å². The number of halogens is 1. The van der Waals surface area contributed by atoms with Gasteiger partial charge in [0, 0.05) is 30.3 Å². The van der Waals surface area contributed by atoms with Crippen LogP contribution < -0.4 is 9.64 Å². The van der Waals surface area contributed by atoms with Crippen LogP contribution in [0.2, 0.25) is 0 Å². The molecule has 1 fully saturated rings. The summed E-state index contributed by atoms with van der Waals surface area (Å²) >= 11 is 0. The van der Waals surface area contributed by atoms with Crippen molar-refractivity contribution in [1.29, 1.82) is 0 Å². The zero-order chi connectivity index (χ0) is 19.7. The molecule has 0 bridgehead atoms. The van der Waals surface area contributed by atoms with Crippen molar-refractivity contribution in [2.75, 3.05) is 18.6 Å². The zero-order valence-electron chi connectivity index (χ0n) is 15.7. The highest BCUT2D eigenvalue weighted by Crippen LogP contribution is 2.33. The minimum Gasteiger partial charge on any atom is -0.494 e. The molecule has 1 aliphatic heterocycles. The van der Waals surface area contributed by atoms with E-state index in [9.17, 15) is 9.18 Å². The van der Waals surface area contributed by atoms with Gasteiger partial charge in [-0.05, 0) is 24.1 Å². The Kier molecular flexibility index (Phi) is 4.81. The molecule has 1 saturated heterocycles. The topological polar surface area (TPSA) is 68.5 Å². The number of amides is 1. The monoisotopic (exact) mass is 381 g/mol. The Hall–Kier alpha value is -3.22. The van der Waals surface area contributed by atoms with Gasteiger partial charge in [-0.3, -0.25) is 4.79 Å². The molecule has 28 heavy (non-hydrogen) atoms. The molecule has 7 heteroatoms. The molecule has 1 aromatic heterocycles. The molecule has 2 heterocycles. The predicted octanol–water partition coefficient (Wildman–Crippen LogP) is 3.97. The summed E-state index contributed by atoms with van der Waals surface area (Å²) in [4.78, 5) is 18.5. The maximum atomic E-state index is 14.0. The molecule has 0 radical (unpaired) electrons. The molecule has 1 atom stereocenters. The minimum absolute atomic E-state index is 0.110. The molecule has 0 spiro atoms. The Bertz CT molecular complexity index is 1000. The van der Waals surface area contributed by atoms with Gasteiger partial charge >= 0.3 is 0 Å². The van der Waals surface area contributed by atoms with Gasteiger partial charge in [0.05, 0.1) is 13.0 Å². The first kappa shape index (κ1) is 18.2. The van der Waals surface area contributed by atoms with Gasteiger partial charge in [0.15, 0.2) is 11.6 Å². The second kappa shape index (κ2) is 7.42. The lowest BCUT2D eigenvalue weighted by molar-refractivity contribution is -0.117. The van der Waals surface area contributed by atoms with Crippen LogP contribution >= 0.6 is 0 Å². The van der Waals surface area contributed by atoms with E-state index >= 15 is 0 Å². The number of nitrogens with zero attached hydrogens (tertiary/aromatic N) is 3. The van der Waals surface area contributed by atoms with Gasteiger partial charge in [-0.25, -0.2) is 4.39 Å². The third-order valence-corrected chi connectivity index (χ3v) is 4.98. The fourth-order valence-electron chi connectivity index (χ4n) is 3.35. The van der Waals surface area contributed by atoms with Crippen LogP contribution in [0.1, 0.15) is 30.7 Å². The fraction of sp³-hybridized carbons (Fsp3) is 0.286. The molecule has 0 saturated carbocycles. The highest BCUT2D eigenvalue weighted by atomic mass is 19.1. The average molecular weight is 381 g/mol. The van der Waals surface area contributed by atoms with Gasteiger partial charge in [0.1, 0.15) is 0 Å². The van der Waals surface area contributed by atoms with Crippen molar-refractivity contribution < 1.29 is 18.4 Å². The normalized spacial score (nSPS) is 16.6. The van der Waals surface area contributed by atoms with Crippen LogP contribution in [0.3, 0.4) is 0 Å². The van der Waals surface area contributed by atoms with E-state index in [0.717, 1.165) is 12.0 Å². The molecule has 2 aromatic carbocycles. The molecule has 1 amide bonds. The third-order valence-electron chi connectivity index (χ3n) is 4.98. The largest absolute Gasteiger partial charge is 0.494 e. The predicted molar refractivity (Wildman–Crippen MR) is 102 cm³/mol. The SMILES string of the molecule is CCc1ccc(-c2noc(C3CC(=O)N(c4ccc(OC)c(F)c4)C3)n2)cc1. The van der Waals surface area contributed by atoms with Crippen molar-refractivity contribution in [3.63, 3.8) is 0 Å². The first-order valence-corrected chi connectivity index (χ1v) is 9.16. The summed E-state index contributed by atoms with van der Waals surface area (Å²) in [6.07, 6.45) is 1.20. The smallest absolute Gasteiger partial charge is 0.232 e. The second-order valence-electron chi connectivity index (χ2n) is 6.73. The summed E-state index contributed by atoms with van der Waals surface area (Å²) in [5, 5.41) is 4.05. The van der Waals surface area contributed by atoms with E-state index in [1.165, 1.54) is 29.7 Å². The quantitative estimate of drug-likeness (QED) is 0.669. The molecule has 1 aliphatic rings. The number of methoxy groups -OCH3 is 1. The molecule has 0 aliphatic carbocycles. The summed E-state index contributed by atoms with van der Waals surface area (Å²) < 4.78 is 24.3. The Balaban J connectivity index is 1.52. The van der Waals surface area contributed by atoms with E-state index in [0.29, 0.717) is 23.9 Å². The van der Waals surface area contributed by atoms with Crippen LogP contribution in [-0.2, 0) is 11.2 Å². The lowest BCUT2D eigenvalue weighted by Crippen LogP contribution is -2.24. The molecule has 6 nitrogen and oxygen atoms in total. The summed E-state index contributed by atoms with van der Waals surface area (Å²) in [7, 11) is 1.40. The maximum absolute atomic E-state index is 14.0. The Labute approximate surface area is 161 Å². The number of carbonyl (C=O) groups is 1. The lowest BCUT2D eigenvalue weighted by atomic mass is 10.1. The average Bonchev–Trinajstić information content (AvgIpc) is 3.35. The van der Waals surface area contributed by atoms with Crippen molar-refractivity contribution in [1.82, 2.24) is 10.1 Å². The Morgan fingerprint density at radius 1 is 1.25 bits per heavy atom. The lowest BCUT2D eigenvalue weighted by Gasteiger charge is -2.16. The maximum Gasteiger partial charge on any atom is 0.232 e. The standard InChI is InChI=1S/C21H20FN3O3/c1-3-13-4-6-14(7-5-13)20-23-21(28-24-20)15-10-19(26)25(12-15)16-8-9-18(27-2)17(22)11-16/h4-9,11,15H,3,10,12H2,1-2H3. The van der Waals surface area contributed by atoms with E-state index in [-0.39, 0.29) is 24.0 Å². The molecule has 144 valence electrons.